The summed E-state index contributed by atoms with van der Waals surface area (Å²) in [4.78, 5) is 11.9. The summed E-state index contributed by atoms with van der Waals surface area (Å²) in [5.74, 6) is -0.368. The van der Waals surface area contributed by atoms with Crippen LogP contribution in [-0.2, 0) is 11.2 Å². The number of nitrogens with zero attached hydrogens (tertiary/aromatic N) is 2. The maximum absolute atomic E-state index is 11.9. The quantitative estimate of drug-likeness (QED) is 0.856. The normalized spacial score (nSPS) is 9.95. The lowest BCUT2D eigenvalue weighted by Gasteiger charge is -2.07. The lowest BCUT2D eigenvalue weighted by Crippen LogP contribution is -2.07. The zero-order valence-corrected chi connectivity index (χ0v) is 12.7. The Morgan fingerprint density at radius 3 is 2.76 bits per heavy atom. The summed E-state index contributed by atoms with van der Waals surface area (Å²) in [5.41, 5.74) is 2.92. The number of carbonyl (C=O) groups is 1. The highest BCUT2D eigenvalue weighted by atomic mass is 32.1. The van der Waals surface area contributed by atoms with Crippen LogP contribution in [0, 0.1) is 18.3 Å². The molecule has 6 heteroatoms. The zero-order valence-electron chi connectivity index (χ0n) is 11.8. The van der Waals surface area contributed by atoms with Crippen LogP contribution < -0.4 is 5.32 Å². The maximum Gasteiger partial charge on any atom is 0.343 e. The zero-order chi connectivity index (χ0) is 15.2. The van der Waals surface area contributed by atoms with Crippen molar-refractivity contribution >= 4 is 28.2 Å². The molecule has 0 bridgehead atoms. The molecule has 0 aliphatic rings. The minimum Gasteiger partial charge on any atom is -0.462 e. The van der Waals surface area contributed by atoms with Gasteiger partial charge < -0.3 is 10.1 Å². The van der Waals surface area contributed by atoms with Gasteiger partial charge >= 0.3 is 5.97 Å². The number of anilines is 2. The van der Waals surface area contributed by atoms with E-state index in [-0.39, 0.29) is 5.97 Å². The standard InChI is InChI=1S/C15H15N3O2S/c1-3-20-15(19)13-10(2)18-21-14(13)17-12-6-4-11(5-7-12)8-9-16/h4-7,17H,3,8H2,1-2H3. The first-order valence-corrected chi connectivity index (χ1v) is 7.29. The lowest BCUT2D eigenvalue weighted by atomic mass is 10.1. The third-order valence-electron chi connectivity index (χ3n) is 2.84. The second-order valence-corrected chi connectivity index (χ2v) is 5.12. The number of nitriles is 1. The van der Waals surface area contributed by atoms with Gasteiger partial charge in [0.1, 0.15) is 10.6 Å². The van der Waals surface area contributed by atoms with Gasteiger partial charge in [0, 0.05) is 5.69 Å². The third-order valence-corrected chi connectivity index (χ3v) is 3.69. The number of esters is 1. The summed E-state index contributed by atoms with van der Waals surface area (Å²) in [5, 5.41) is 12.5. The SMILES string of the molecule is CCOC(=O)c1c(C)nsc1Nc1ccc(CC#N)cc1. The van der Waals surface area contributed by atoms with Crippen LogP contribution in [0.15, 0.2) is 24.3 Å². The molecule has 0 radical (unpaired) electrons. The molecule has 0 saturated heterocycles. The number of ether oxygens (including phenoxy) is 1. The highest BCUT2D eigenvalue weighted by Crippen LogP contribution is 2.28. The Hall–Kier alpha value is -2.39. The van der Waals surface area contributed by atoms with Crippen molar-refractivity contribution in [2.24, 2.45) is 0 Å². The summed E-state index contributed by atoms with van der Waals surface area (Å²) in [6.07, 6.45) is 0.383. The van der Waals surface area contributed by atoms with E-state index in [0.29, 0.717) is 29.3 Å². The molecular formula is C15H15N3O2S. The van der Waals surface area contributed by atoms with Gasteiger partial charge in [-0.1, -0.05) is 12.1 Å². The topological polar surface area (TPSA) is 75.0 Å². The molecular weight excluding hydrogens is 286 g/mol. The Bertz CT molecular complexity index is 671. The van der Waals surface area contributed by atoms with Crippen molar-refractivity contribution in [2.75, 3.05) is 11.9 Å². The van der Waals surface area contributed by atoms with Gasteiger partial charge in [-0.3, -0.25) is 0 Å². The Morgan fingerprint density at radius 2 is 2.14 bits per heavy atom. The molecule has 0 spiro atoms. The van der Waals surface area contributed by atoms with E-state index < -0.39 is 0 Å². The van der Waals surface area contributed by atoms with E-state index in [2.05, 4.69) is 15.8 Å². The Labute approximate surface area is 127 Å². The van der Waals surface area contributed by atoms with Crippen LogP contribution in [0.3, 0.4) is 0 Å². The highest BCUT2D eigenvalue weighted by Gasteiger charge is 2.19. The van der Waals surface area contributed by atoms with Crippen LogP contribution in [0.5, 0.6) is 0 Å². The monoisotopic (exact) mass is 301 g/mol. The fourth-order valence-corrected chi connectivity index (χ4v) is 2.63. The van der Waals surface area contributed by atoms with Gasteiger partial charge in [0.15, 0.2) is 0 Å². The van der Waals surface area contributed by atoms with Gasteiger partial charge in [-0.25, -0.2) is 4.79 Å². The molecule has 2 aromatic rings. The molecule has 2 rings (SSSR count). The van der Waals surface area contributed by atoms with E-state index in [1.165, 1.54) is 11.5 Å². The van der Waals surface area contributed by atoms with Crippen LogP contribution in [0.4, 0.5) is 10.7 Å². The highest BCUT2D eigenvalue weighted by molar-refractivity contribution is 7.10. The summed E-state index contributed by atoms with van der Waals surface area (Å²) >= 11 is 1.23. The van der Waals surface area contributed by atoms with E-state index in [4.69, 9.17) is 10.00 Å². The van der Waals surface area contributed by atoms with Crippen LogP contribution >= 0.6 is 11.5 Å². The van der Waals surface area contributed by atoms with Crippen molar-refractivity contribution < 1.29 is 9.53 Å². The van der Waals surface area contributed by atoms with E-state index in [1.54, 1.807) is 13.8 Å². The molecule has 1 N–H and O–H groups in total. The van der Waals surface area contributed by atoms with E-state index in [1.807, 2.05) is 24.3 Å². The van der Waals surface area contributed by atoms with Gasteiger partial charge in [0.05, 0.1) is 24.8 Å². The van der Waals surface area contributed by atoms with Crippen molar-refractivity contribution in [3.8, 4) is 6.07 Å². The third kappa shape index (κ3) is 3.58. The molecule has 0 aliphatic carbocycles. The molecule has 0 aliphatic heterocycles. The van der Waals surface area contributed by atoms with E-state index >= 15 is 0 Å². The summed E-state index contributed by atoms with van der Waals surface area (Å²) < 4.78 is 9.25. The van der Waals surface area contributed by atoms with Crippen molar-refractivity contribution in [1.29, 1.82) is 5.26 Å². The Morgan fingerprint density at radius 1 is 1.43 bits per heavy atom. The number of hydrogen-bond acceptors (Lipinski definition) is 6. The average molecular weight is 301 g/mol. The molecule has 0 saturated carbocycles. The van der Waals surface area contributed by atoms with Gasteiger partial charge in [-0.15, -0.1) is 0 Å². The van der Waals surface area contributed by atoms with Gasteiger partial charge in [-0.05, 0) is 43.1 Å². The van der Waals surface area contributed by atoms with Gasteiger partial charge in [0.25, 0.3) is 0 Å². The number of rotatable bonds is 5. The van der Waals surface area contributed by atoms with Crippen LogP contribution in [-0.4, -0.2) is 16.9 Å². The molecule has 0 unspecified atom stereocenters. The molecule has 21 heavy (non-hydrogen) atoms. The minimum atomic E-state index is -0.368. The van der Waals surface area contributed by atoms with E-state index in [9.17, 15) is 4.79 Å². The smallest absolute Gasteiger partial charge is 0.343 e. The van der Waals surface area contributed by atoms with Crippen molar-refractivity contribution in [3.63, 3.8) is 0 Å². The summed E-state index contributed by atoms with van der Waals surface area (Å²) in [7, 11) is 0. The number of aryl methyl sites for hydroxylation is 1. The molecule has 1 aromatic heterocycles. The molecule has 5 nitrogen and oxygen atoms in total. The molecule has 0 atom stereocenters. The van der Waals surface area contributed by atoms with Gasteiger partial charge in [-0.2, -0.15) is 9.64 Å². The van der Waals surface area contributed by atoms with Crippen LogP contribution in [0.1, 0.15) is 28.5 Å². The molecule has 108 valence electrons. The molecule has 0 amide bonds. The molecule has 1 heterocycles. The number of nitrogens with one attached hydrogen (secondary N) is 1. The maximum atomic E-state index is 11.9. The lowest BCUT2D eigenvalue weighted by molar-refractivity contribution is 0.0527. The first-order chi connectivity index (χ1) is 10.2. The fourth-order valence-electron chi connectivity index (χ4n) is 1.83. The minimum absolute atomic E-state index is 0.330. The van der Waals surface area contributed by atoms with Crippen LogP contribution in [0.25, 0.3) is 0 Å². The first-order valence-electron chi connectivity index (χ1n) is 6.52. The fraction of sp³-hybridized carbons (Fsp3) is 0.267. The predicted molar refractivity (Wildman–Crippen MR) is 81.8 cm³/mol. The Kier molecular flexibility index (Phi) is 4.90. The number of carbonyl (C=O) groups excluding carboxylic acids is 1. The molecule has 1 aromatic carbocycles. The predicted octanol–water partition coefficient (Wildman–Crippen LogP) is 3.44. The number of aromatic nitrogens is 1. The summed E-state index contributed by atoms with van der Waals surface area (Å²) in [6, 6.07) is 9.61. The first kappa shape index (κ1) is 15.0. The second kappa shape index (κ2) is 6.86. The van der Waals surface area contributed by atoms with Crippen molar-refractivity contribution in [3.05, 3.63) is 41.1 Å². The largest absolute Gasteiger partial charge is 0.462 e. The van der Waals surface area contributed by atoms with Crippen LogP contribution in [0.2, 0.25) is 0 Å². The Balaban J connectivity index is 2.20. The average Bonchev–Trinajstić information content (AvgIpc) is 2.82. The summed E-state index contributed by atoms with van der Waals surface area (Å²) in [6.45, 7) is 3.88. The van der Waals surface area contributed by atoms with Crippen molar-refractivity contribution in [2.45, 2.75) is 20.3 Å². The number of hydrogen-bond donors (Lipinski definition) is 1. The van der Waals surface area contributed by atoms with E-state index in [0.717, 1.165) is 11.3 Å². The molecule has 0 fully saturated rings. The van der Waals surface area contributed by atoms with Crippen molar-refractivity contribution in [1.82, 2.24) is 4.37 Å². The van der Waals surface area contributed by atoms with Gasteiger partial charge in [0.2, 0.25) is 0 Å². The second-order valence-electron chi connectivity index (χ2n) is 4.35. The number of benzene rings is 1.